The fourth-order valence-corrected chi connectivity index (χ4v) is 1.90. The molecule has 2 aromatic heterocycles. The van der Waals surface area contributed by atoms with Crippen LogP contribution in [0.3, 0.4) is 0 Å². The van der Waals surface area contributed by atoms with Gasteiger partial charge in [0.15, 0.2) is 0 Å². The van der Waals surface area contributed by atoms with E-state index in [9.17, 15) is 4.79 Å². The van der Waals surface area contributed by atoms with Crippen molar-refractivity contribution in [3.05, 3.63) is 34.4 Å². The van der Waals surface area contributed by atoms with Gasteiger partial charge < -0.3 is 4.74 Å². The smallest absolute Gasteiger partial charge is 0.341 e. The van der Waals surface area contributed by atoms with E-state index in [-0.39, 0.29) is 5.97 Å². The molecule has 0 aliphatic carbocycles. The highest BCUT2D eigenvalue weighted by atomic mass is 35.5. The number of hydrogen-bond donors (Lipinski definition) is 0. The zero-order valence-electron chi connectivity index (χ0n) is 11.1. The normalized spacial score (nSPS) is 10.7. The molecule has 0 saturated carbocycles. The van der Waals surface area contributed by atoms with Crippen LogP contribution in [0.15, 0.2) is 12.4 Å². The number of carbonyl (C=O) groups is 1. The largest absolute Gasteiger partial charge is 0.462 e. The van der Waals surface area contributed by atoms with Gasteiger partial charge in [-0.05, 0) is 13.8 Å². The Morgan fingerprint density at radius 1 is 1.42 bits per heavy atom. The molecule has 0 aliphatic heterocycles. The van der Waals surface area contributed by atoms with Crippen molar-refractivity contribution >= 4 is 17.6 Å². The minimum absolute atomic E-state index is 0.333. The van der Waals surface area contributed by atoms with E-state index in [1.807, 2.05) is 6.92 Å². The van der Waals surface area contributed by atoms with Gasteiger partial charge in [-0.3, -0.25) is 9.36 Å². The van der Waals surface area contributed by atoms with Crippen molar-refractivity contribution in [2.45, 2.75) is 20.4 Å². The summed E-state index contributed by atoms with van der Waals surface area (Å²) < 4.78 is 8.37. The van der Waals surface area contributed by atoms with E-state index < -0.39 is 0 Å². The predicted molar refractivity (Wildman–Crippen MR) is 70.2 cm³/mol. The molecule has 0 N–H and O–H groups in total. The van der Waals surface area contributed by atoms with Crippen LogP contribution >= 0.6 is 11.6 Å². The summed E-state index contributed by atoms with van der Waals surface area (Å²) in [6, 6.07) is 0. The quantitative estimate of drug-likeness (QED) is 0.802. The van der Waals surface area contributed by atoms with Gasteiger partial charge in [-0.25, -0.2) is 4.79 Å². The highest BCUT2D eigenvalue weighted by Gasteiger charge is 2.18. The van der Waals surface area contributed by atoms with Gasteiger partial charge in [0, 0.05) is 7.05 Å². The van der Waals surface area contributed by atoms with Gasteiger partial charge in [-0.2, -0.15) is 10.2 Å². The third kappa shape index (κ3) is 2.63. The Balaban J connectivity index is 2.32. The Bertz CT molecular complexity index is 603. The first-order valence-electron chi connectivity index (χ1n) is 5.90. The van der Waals surface area contributed by atoms with E-state index in [0.717, 1.165) is 11.4 Å². The first-order valence-corrected chi connectivity index (χ1v) is 6.28. The third-order valence-corrected chi connectivity index (χ3v) is 3.27. The maximum absolute atomic E-state index is 11.8. The topological polar surface area (TPSA) is 61.9 Å². The Labute approximate surface area is 115 Å². The van der Waals surface area contributed by atoms with Gasteiger partial charge in [0.1, 0.15) is 5.56 Å². The van der Waals surface area contributed by atoms with Crippen LogP contribution in [0.2, 0.25) is 5.02 Å². The molecule has 6 nitrogen and oxygen atoms in total. The zero-order chi connectivity index (χ0) is 14.0. The number of aryl methyl sites for hydroxylation is 1. The molecular weight excluding hydrogens is 268 g/mol. The lowest BCUT2D eigenvalue weighted by Crippen LogP contribution is -2.13. The van der Waals surface area contributed by atoms with E-state index in [2.05, 4.69) is 10.2 Å². The molecule has 0 aliphatic rings. The number of rotatable bonds is 4. The van der Waals surface area contributed by atoms with Crippen LogP contribution in [0, 0.1) is 6.92 Å². The van der Waals surface area contributed by atoms with Crippen molar-refractivity contribution in [2.24, 2.45) is 7.05 Å². The van der Waals surface area contributed by atoms with Crippen LogP contribution < -0.4 is 0 Å². The van der Waals surface area contributed by atoms with Crippen LogP contribution in [-0.4, -0.2) is 32.1 Å². The summed E-state index contributed by atoms with van der Waals surface area (Å²) in [5.74, 6) is -0.374. The summed E-state index contributed by atoms with van der Waals surface area (Å²) in [5, 5.41) is 8.86. The Morgan fingerprint density at radius 3 is 2.74 bits per heavy atom. The monoisotopic (exact) mass is 282 g/mol. The maximum Gasteiger partial charge on any atom is 0.341 e. The van der Waals surface area contributed by atoms with E-state index in [4.69, 9.17) is 16.3 Å². The lowest BCUT2D eigenvalue weighted by Gasteiger charge is -2.08. The van der Waals surface area contributed by atoms with Crippen LogP contribution in [0.25, 0.3) is 0 Å². The second-order valence-electron chi connectivity index (χ2n) is 4.08. The Hall–Kier alpha value is -1.82. The highest BCUT2D eigenvalue weighted by molar-refractivity contribution is 6.31. The molecule has 0 unspecified atom stereocenters. The second-order valence-corrected chi connectivity index (χ2v) is 4.49. The summed E-state index contributed by atoms with van der Waals surface area (Å²) in [6.07, 6.45) is 3.09. The van der Waals surface area contributed by atoms with Crippen molar-refractivity contribution in [2.75, 3.05) is 6.61 Å². The number of halogens is 1. The van der Waals surface area contributed by atoms with E-state index in [0.29, 0.717) is 23.7 Å². The molecule has 0 atom stereocenters. The van der Waals surface area contributed by atoms with Gasteiger partial charge in [-0.15, -0.1) is 0 Å². The average Bonchev–Trinajstić information content (AvgIpc) is 2.88. The lowest BCUT2D eigenvalue weighted by atomic mass is 10.2. The van der Waals surface area contributed by atoms with Crippen molar-refractivity contribution < 1.29 is 9.53 Å². The van der Waals surface area contributed by atoms with E-state index in [1.165, 1.54) is 6.20 Å². The second kappa shape index (κ2) is 5.44. The first-order chi connectivity index (χ1) is 9.04. The lowest BCUT2D eigenvalue weighted by molar-refractivity contribution is 0.0524. The minimum Gasteiger partial charge on any atom is -0.462 e. The van der Waals surface area contributed by atoms with Crippen molar-refractivity contribution in [3.8, 4) is 0 Å². The van der Waals surface area contributed by atoms with Gasteiger partial charge >= 0.3 is 5.97 Å². The Morgan fingerprint density at radius 2 is 2.16 bits per heavy atom. The number of ether oxygens (including phenoxy) is 1. The van der Waals surface area contributed by atoms with Gasteiger partial charge in [0.2, 0.25) is 0 Å². The molecule has 2 rings (SSSR count). The molecule has 0 radical (unpaired) electrons. The van der Waals surface area contributed by atoms with Gasteiger partial charge in [-0.1, -0.05) is 11.6 Å². The number of carbonyl (C=O) groups excluding carboxylic acids is 1. The fraction of sp³-hybridized carbons (Fsp3) is 0.417. The molecule has 19 heavy (non-hydrogen) atoms. The summed E-state index contributed by atoms with van der Waals surface area (Å²) >= 11 is 5.96. The molecule has 2 heterocycles. The first kappa shape index (κ1) is 13.6. The molecule has 0 bridgehead atoms. The van der Waals surface area contributed by atoms with Crippen LogP contribution in [0.1, 0.15) is 28.7 Å². The summed E-state index contributed by atoms with van der Waals surface area (Å²) in [5.41, 5.74) is 2.04. The maximum atomic E-state index is 11.8. The van der Waals surface area contributed by atoms with Gasteiger partial charge in [0.25, 0.3) is 0 Å². The van der Waals surface area contributed by atoms with Crippen molar-refractivity contribution in [3.63, 3.8) is 0 Å². The fourth-order valence-electron chi connectivity index (χ4n) is 1.75. The van der Waals surface area contributed by atoms with E-state index in [1.54, 1.807) is 29.5 Å². The molecule has 0 fully saturated rings. The molecule has 102 valence electrons. The molecule has 0 amide bonds. The number of hydrogen-bond acceptors (Lipinski definition) is 4. The summed E-state index contributed by atoms with van der Waals surface area (Å²) in [6.45, 7) is 4.39. The van der Waals surface area contributed by atoms with E-state index >= 15 is 0 Å². The van der Waals surface area contributed by atoms with Crippen molar-refractivity contribution in [1.29, 1.82) is 0 Å². The Kier molecular flexibility index (Phi) is 3.90. The summed E-state index contributed by atoms with van der Waals surface area (Å²) in [7, 11) is 1.78. The zero-order valence-corrected chi connectivity index (χ0v) is 11.8. The molecule has 0 saturated heterocycles. The molecule has 2 aromatic rings. The van der Waals surface area contributed by atoms with Crippen LogP contribution in [0.4, 0.5) is 0 Å². The SMILES string of the molecule is CCOC(=O)c1cnn(C)c1Cn1ncc(Cl)c1C. The minimum atomic E-state index is -0.374. The van der Waals surface area contributed by atoms with Crippen molar-refractivity contribution in [1.82, 2.24) is 19.6 Å². The third-order valence-electron chi connectivity index (χ3n) is 2.90. The number of nitrogens with zero attached hydrogens (tertiary/aromatic N) is 4. The molecular formula is C12H15ClN4O2. The van der Waals surface area contributed by atoms with Crippen LogP contribution in [0.5, 0.6) is 0 Å². The standard InChI is InChI=1S/C12H15ClN4O2/c1-4-19-12(18)9-5-14-16(3)11(9)7-17-8(2)10(13)6-15-17/h5-6H,4,7H2,1-3H3. The highest BCUT2D eigenvalue weighted by Crippen LogP contribution is 2.17. The average molecular weight is 283 g/mol. The summed E-state index contributed by atoms with van der Waals surface area (Å²) in [4.78, 5) is 11.8. The van der Waals surface area contributed by atoms with Gasteiger partial charge in [0.05, 0.1) is 42.0 Å². The molecule has 0 spiro atoms. The number of aromatic nitrogens is 4. The molecule has 7 heteroatoms. The number of esters is 1. The molecule has 0 aromatic carbocycles. The predicted octanol–water partition coefficient (Wildman–Crippen LogP) is 1.80. The van der Waals surface area contributed by atoms with Crippen LogP contribution in [-0.2, 0) is 18.3 Å².